The second-order valence-electron chi connectivity index (χ2n) is 3.81. The Bertz CT molecular complexity index is 768. The summed E-state index contributed by atoms with van der Waals surface area (Å²) < 4.78 is 40.8. The molecule has 0 unspecified atom stereocenters. The van der Waals surface area contributed by atoms with Crippen molar-refractivity contribution in [2.75, 3.05) is 4.72 Å². The zero-order valence-electron chi connectivity index (χ0n) is 9.70. The van der Waals surface area contributed by atoms with Gasteiger partial charge in [0.15, 0.2) is 0 Å². The lowest BCUT2D eigenvalue weighted by atomic mass is 10.3. The molecular formula is C12H7Br2ClFNO2S. The Kier molecular flexibility index (Phi) is 4.73. The first-order valence-corrected chi connectivity index (χ1v) is 8.67. The van der Waals surface area contributed by atoms with Gasteiger partial charge in [-0.1, -0.05) is 11.6 Å². The maximum absolute atomic E-state index is 13.2. The van der Waals surface area contributed by atoms with Gasteiger partial charge in [-0.2, -0.15) is 0 Å². The molecule has 0 amide bonds. The van der Waals surface area contributed by atoms with Crippen LogP contribution in [0.15, 0.2) is 50.2 Å². The average molecular weight is 444 g/mol. The average Bonchev–Trinajstić information content (AvgIpc) is 2.36. The van der Waals surface area contributed by atoms with Gasteiger partial charge in [0.05, 0.1) is 15.6 Å². The number of anilines is 1. The first-order valence-electron chi connectivity index (χ1n) is 5.22. The Morgan fingerprint density at radius 3 is 2.40 bits per heavy atom. The highest BCUT2D eigenvalue weighted by molar-refractivity contribution is 9.11. The Labute approximate surface area is 137 Å². The second kappa shape index (κ2) is 6.01. The van der Waals surface area contributed by atoms with Crippen LogP contribution in [0.25, 0.3) is 0 Å². The molecule has 3 nitrogen and oxygen atoms in total. The van der Waals surface area contributed by atoms with Crippen molar-refractivity contribution in [3.8, 4) is 0 Å². The van der Waals surface area contributed by atoms with Gasteiger partial charge in [-0.05, 0) is 68.3 Å². The Morgan fingerprint density at radius 2 is 1.75 bits per heavy atom. The highest BCUT2D eigenvalue weighted by Gasteiger charge is 2.17. The van der Waals surface area contributed by atoms with E-state index in [0.717, 1.165) is 6.07 Å². The molecule has 0 radical (unpaired) electrons. The van der Waals surface area contributed by atoms with Crippen LogP contribution in [0.1, 0.15) is 0 Å². The van der Waals surface area contributed by atoms with E-state index in [-0.39, 0.29) is 10.6 Å². The molecule has 0 aliphatic rings. The summed E-state index contributed by atoms with van der Waals surface area (Å²) in [6, 6.07) is 7.93. The van der Waals surface area contributed by atoms with Crippen LogP contribution in [0.4, 0.5) is 10.1 Å². The Balaban J connectivity index is 2.40. The van der Waals surface area contributed by atoms with E-state index >= 15 is 0 Å². The third kappa shape index (κ3) is 3.52. The number of hydrogen-bond acceptors (Lipinski definition) is 2. The van der Waals surface area contributed by atoms with Crippen molar-refractivity contribution in [2.45, 2.75) is 4.90 Å². The van der Waals surface area contributed by atoms with Crippen LogP contribution < -0.4 is 4.72 Å². The van der Waals surface area contributed by atoms with Gasteiger partial charge in [-0.3, -0.25) is 4.72 Å². The molecule has 2 aromatic rings. The summed E-state index contributed by atoms with van der Waals surface area (Å²) in [4.78, 5) is 0.0185. The Hall–Kier alpha value is -0.630. The van der Waals surface area contributed by atoms with E-state index in [0.29, 0.717) is 14.0 Å². The van der Waals surface area contributed by atoms with Crippen molar-refractivity contribution >= 4 is 59.2 Å². The normalized spacial score (nSPS) is 11.4. The van der Waals surface area contributed by atoms with Crippen molar-refractivity contribution in [3.05, 3.63) is 56.2 Å². The molecule has 0 saturated heterocycles. The number of sulfonamides is 1. The summed E-state index contributed by atoms with van der Waals surface area (Å²) in [6.45, 7) is 0. The van der Waals surface area contributed by atoms with Crippen molar-refractivity contribution in [1.29, 1.82) is 0 Å². The van der Waals surface area contributed by atoms with Crippen molar-refractivity contribution in [3.63, 3.8) is 0 Å². The summed E-state index contributed by atoms with van der Waals surface area (Å²) >= 11 is 12.1. The molecule has 2 rings (SSSR count). The van der Waals surface area contributed by atoms with Gasteiger partial charge in [0.25, 0.3) is 10.0 Å². The molecule has 0 spiro atoms. The lowest BCUT2D eigenvalue weighted by Crippen LogP contribution is -2.13. The maximum Gasteiger partial charge on any atom is 0.261 e. The van der Waals surface area contributed by atoms with Crippen LogP contribution in [0.5, 0.6) is 0 Å². The summed E-state index contributed by atoms with van der Waals surface area (Å²) in [5, 5.41) is 0.399. The van der Waals surface area contributed by atoms with Crippen molar-refractivity contribution in [2.24, 2.45) is 0 Å². The molecule has 0 heterocycles. The number of nitrogens with one attached hydrogen (secondary N) is 1. The minimum absolute atomic E-state index is 0.0185. The molecular weight excluding hydrogens is 436 g/mol. The maximum atomic E-state index is 13.2. The van der Waals surface area contributed by atoms with Gasteiger partial charge < -0.3 is 0 Å². The molecule has 0 aromatic heterocycles. The molecule has 20 heavy (non-hydrogen) atoms. The topological polar surface area (TPSA) is 46.2 Å². The van der Waals surface area contributed by atoms with Crippen LogP contribution in [0, 0.1) is 5.82 Å². The summed E-state index contributed by atoms with van der Waals surface area (Å²) in [5.74, 6) is -0.539. The quantitative estimate of drug-likeness (QED) is 0.741. The number of benzene rings is 2. The zero-order chi connectivity index (χ0) is 14.9. The largest absolute Gasteiger partial charge is 0.278 e. The second-order valence-corrected chi connectivity index (χ2v) is 7.60. The van der Waals surface area contributed by atoms with E-state index in [4.69, 9.17) is 11.6 Å². The predicted octanol–water partition coefficient (Wildman–Crippen LogP) is 4.80. The van der Waals surface area contributed by atoms with Crippen molar-refractivity contribution in [1.82, 2.24) is 0 Å². The van der Waals surface area contributed by atoms with Gasteiger partial charge in [0.1, 0.15) is 5.82 Å². The predicted molar refractivity (Wildman–Crippen MR) is 84.1 cm³/mol. The summed E-state index contributed by atoms with van der Waals surface area (Å²) in [7, 11) is -3.83. The highest BCUT2D eigenvalue weighted by Crippen LogP contribution is 2.29. The smallest absolute Gasteiger partial charge is 0.261 e. The van der Waals surface area contributed by atoms with E-state index in [2.05, 4.69) is 36.6 Å². The third-order valence-electron chi connectivity index (χ3n) is 2.37. The molecule has 0 aliphatic carbocycles. The van der Waals surface area contributed by atoms with Crippen LogP contribution in [0.2, 0.25) is 5.02 Å². The minimum Gasteiger partial charge on any atom is -0.278 e. The summed E-state index contributed by atoms with van der Waals surface area (Å²) in [5.41, 5.74) is 0.121. The third-order valence-corrected chi connectivity index (χ3v) is 5.64. The zero-order valence-corrected chi connectivity index (χ0v) is 14.4. The minimum atomic E-state index is -3.83. The van der Waals surface area contributed by atoms with E-state index in [9.17, 15) is 12.8 Å². The molecule has 1 N–H and O–H groups in total. The van der Waals surface area contributed by atoms with Gasteiger partial charge in [0, 0.05) is 8.95 Å². The highest BCUT2D eigenvalue weighted by atomic mass is 79.9. The lowest BCUT2D eigenvalue weighted by Gasteiger charge is -2.10. The molecule has 0 fully saturated rings. The van der Waals surface area contributed by atoms with Crippen LogP contribution in [-0.2, 0) is 10.0 Å². The van der Waals surface area contributed by atoms with Gasteiger partial charge in [-0.25, -0.2) is 12.8 Å². The number of hydrogen-bond donors (Lipinski definition) is 1. The number of rotatable bonds is 3. The SMILES string of the molecule is O=S(=O)(Nc1cc(F)ccc1Br)c1ccc(Cl)c(Br)c1. The van der Waals surface area contributed by atoms with E-state index in [1.54, 1.807) is 0 Å². The molecule has 0 bridgehead atoms. The van der Waals surface area contributed by atoms with E-state index in [1.807, 2.05) is 0 Å². The van der Waals surface area contributed by atoms with Crippen molar-refractivity contribution < 1.29 is 12.8 Å². The standard InChI is InChI=1S/C12H7Br2ClFNO2S/c13-9-3-1-7(16)5-12(9)17-20(18,19)8-2-4-11(15)10(14)6-8/h1-6,17H. The fraction of sp³-hybridized carbons (Fsp3) is 0. The van der Waals surface area contributed by atoms with Crippen LogP contribution in [-0.4, -0.2) is 8.42 Å². The van der Waals surface area contributed by atoms with E-state index in [1.165, 1.54) is 30.3 Å². The Morgan fingerprint density at radius 1 is 1.05 bits per heavy atom. The molecule has 0 saturated carbocycles. The monoisotopic (exact) mass is 441 g/mol. The fourth-order valence-corrected chi connectivity index (χ4v) is 3.64. The number of halogens is 4. The molecule has 0 aliphatic heterocycles. The van der Waals surface area contributed by atoms with Crippen LogP contribution >= 0.6 is 43.5 Å². The first-order chi connectivity index (χ1) is 9.29. The summed E-state index contributed by atoms with van der Waals surface area (Å²) in [6.07, 6.45) is 0. The molecule has 0 atom stereocenters. The van der Waals surface area contributed by atoms with Crippen LogP contribution in [0.3, 0.4) is 0 Å². The molecule has 2 aromatic carbocycles. The molecule has 8 heteroatoms. The van der Waals surface area contributed by atoms with Gasteiger partial charge in [-0.15, -0.1) is 0 Å². The lowest BCUT2D eigenvalue weighted by molar-refractivity contribution is 0.601. The fourth-order valence-electron chi connectivity index (χ4n) is 1.42. The molecule has 106 valence electrons. The van der Waals surface area contributed by atoms with Gasteiger partial charge >= 0.3 is 0 Å². The van der Waals surface area contributed by atoms with E-state index < -0.39 is 15.8 Å². The van der Waals surface area contributed by atoms with Gasteiger partial charge in [0.2, 0.25) is 0 Å². The first kappa shape index (κ1) is 15.8.